The van der Waals surface area contributed by atoms with Crippen molar-refractivity contribution in [3.8, 4) is 0 Å². The van der Waals surface area contributed by atoms with Gasteiger partial charge in [-0.3, -0.25) is 0 Å². The highest BCUT2D eigenvalue weighted by Crippen LogP contribution is 2.30. The quantitative estimate of drug-likeness (QED) is 0.863. The van der Waals surface area contributed by atoms with E-state index in [2.05, 4.69) is 15.9 Å². The predicted molar refractivity (Wildman–Crippen MR) is 85.2 cm³/mol. The molecular formula is C16H16BrClO2. The molecule has 2 aromatic carbocycles. The minimum Gasteiger partial charge on any atom is -0.384 e. The second-order valence-corrected chi connectivity index (χ2v) is 5.88. The Balaban J connectivity index is 2.20. The SMILES string of the molecule is COCCc1ccc(C(O)c2cc(Br)ccc2Cl)cc1. The van der Waals surface area contributed by atoms with E-state index in [1.807, 2.05) is 36.4 Å². The van der Waals surface area contributed by atoms with Crippen molar-refractivity contribution >= 4 is 27.5 Å². The maximum absolute atomic E-state index is 10.4. The van der Waals surface area contributed by atoms with Crippen LogP contribution in [-0.4, -0.2) is 18.8 Å². The van der Waals surface area contributed by atoms with E-state index in [9.17, 15) is 5.11 Å². The fourth-order valence-electron chi connectivity index (χ4n) is 1.99. The van der Waals surface area contributed by atoms with Crippen molar-refractivity contribution in [2.75, 3.05) is 13.7 Å². The molecule has 0 fully saturated rings. The number of hydrogen-bond acceptors (Lipinski definition) is 2. The summed E-state index contributed by atoms with van der Waals surface area (Å²) >= 11 is 9.54. The van der Waals surface area contributed by atoms with E-state index in [1.54, 1.807) is 13.2 Å². The van der Waals surface area contributed by atoms with Gasteiger partial charge in [0.1, 0.15) is 6.10 Å². The van der Waals surface area contributed by atoms with E-state index in [4.69, 9.17) is 16.3 Å². The Bertz CT molecular complexity index is 569. The number of hydrogen-bond donors (Lipinski definition) is 1. The molecule has 0 spiro atoms. The minimum atomic E-state index is -0.725. The molecule has 0 aliphatic rings. The van der Waals surface area contributed by atoms with Gasteiger partial charge in [-0.15, -0.1) is 0 Å². The van der Waals surface area contributed by atoms with E-state index in [0.29, 0.717) is 17.2 Å². The lowest BCUT2D eigenvalue weighted by Gasteiger charge is -2.14. The van der Waals surface area contributed by atoms with Gasteiger partial charge in [-0.05, 0) is 35.7 Å². The van der Waals surface area contributed by atoms with Crippen molar-refractivity contribution in [1.29, 1.82) is 0 Å². The molecule has 2 rings (SSSR count). The van der Waals surface area contributed by atoms with Crippen LogP contribution >= 0.6 is 27.5 Å². The molecule has 0 aliphatic heterocycles. The summed E-state index contributed by atoms with van der Waals surface area (Å²) in [7, 11) is 1.69. The first kappa shape index (κ1) is 15.5. The zero-order valence-corrected chi connectivity index (χ0v) is 13.5. The lowest BCUT2D eigenvalue weighted by atomic mass is 10.00. The van der Waals surface area contributed by atoms with E-state index in [1.165, 1.54) is 5.56 Å². The van der Waals surface area contributed by atoms with Gasteiger partial charge in [0.2, 0.25) is 0 Å². The number of aliphatic hydroxyl groups is 1. The molecule has 2 nitrogen and oxygen atoms in total. The van der Waals surface area contributed by atoms with Crippen molar-refractivity contribution in [3.05, 3.63) is 68.7 Å². The van der Waals surface area contributed by atoms with Crippen LogP contribution in [0.1, 0.15) is 22.8 Å². The van der Waals surface area contributed by atoms with E-state index < -0.39 is 6.10 Å². The summed E-state index contributed by atoms with van der Waals surface area (Å²) in [6.07, 6.45) is 0.140. The molecule has 0 saturated carbocycles. The molecule has 0 heterocycles. The number of rotatable bonds is 5. The summed E-state index contributed by atoms with van der Waals surface area (Å²) < 4.78 is 5.95. The summed E-state index contributed by atoms with van der Waals surface area (Å²) in [5.74, 6) is 0. The van der Waals surface area contributed by atoms with Gasteiger partial charge in [-0.1, -0.05) is 51.8 Å². The van der Waals surface area contributed by atoms with Gasteiger partial charge >= 0.3 is 0 Å². The summed E-state index contributed by atoms with van der Waals surface area (Å²) in [5, 5.41) is 11.0. The molecule has 106 valence electrons. The predicted octanol–water partition coefficient (Wildman–Crippen LogP) is 4.37. The fourth-order valence-corrected chi connectivity index (χ4v) is 2.59. The molecule has 20 heavy (non-hydrogen) atoms. The second-order valence-electron chi connectivity index (χ2n) is 4.55. The van der Waals surface area contributed by atoms with Crippen LogP contribution in [0.15, 0.2) is 46.9 Å². The monoisotopic (exact) mass is 354 g/mol. The Morgan fingerprint density at radius 2 is 1.90 bits per heavy atom. The third-order valence-electron chi connectivity index (χ3n) is 3.14. The van der Waals surface area contributed by atoms with Crippen LogP contribution in [0.5, 0.6) is 0 Å². The summed E-state index contributed by atoms with van der Waals surface area (Å²) in [4.78, 5) is 0. The molecule has 1 N–H and O–H groups in total. The van der Waals surface area contributed by atoms with Crippen molar-refractivity contribution in [2.24, 2.45) is 0 Å². The summed E-state index contributed by atoms with van der Waals surface area (Å²) in [6.45, 7) is 0.694. The Hall–Kier alpha value is -0.870. The number of methoxy groups -OCH3 is 1. The van der Waals surface area contributed by atoms with Crippen LogP contribution in [0.25, 0.3) is 0 Å². The Morgan fingerprint density at radius 3 is 2.55 bits per heavy atom. The van der Waals surface area contributed by atoms with Crippen molar-refractivity contribution in [3.63, 3.8) is 0 Å². The van der Waals surface area contributed by atoms with Crippen LogP contribution in [0, 0.1) is 0 Å². The Morgan fingerprint density at radius 1 is 1.20 bits per heavy atom. The lowest BCUT2D eigenvalue weighted by molar-refractivity contribution is 0.202. The molecule has 0 saturated heterocycles. The van der Waals surface area contributed by atoms with Crippen LogP contribution < -0.4 is 0 Å². The lowest BCUT2D eigenvalue weighted by Crippen LogP contribution is -2.01. The number of benzene rings is 2. The number of aliphatic hydroxyl groups excluding tert-OH is 1. The maximum atomic E-state index is 10.4. The van der Waals surface area contributed by atoms with Gasteiger partial charge in [0.15, 0.2) is 0 Å². The molecule has 4 heteroatoms. The maximum Gasteiger partial charge on any atom is 0.106 e. The minimum absolute atomic E-state index is 0.559. The molecule has 0 bridgehead atoms. The smallest absolute Gasteiger partial charge is 0.106 e. The molecule has 0 aliphatic carbocycles. The molecule has 1 unspecified atom stereocenters. The van der Waals surface area contributed by atoms with Gasteiger partial charge in [0, 0.05) is 22.2 Å². The Labute approximate surface area is 132 Å². The third kappa shape index (κ3) is 3.83. The third-order valence-corrected chi connectivity index (χ3v) is 3.98. The molecule has 0 aromatic heterocycles. The first-order valence-corrected chi connectivity index (χ1v) is 7.49. The number of ether oxygens (including phenoxy) is 1. The average molecular weight is 356 g/mol. The molecule has 1 atom stereocenters. The van der Waals surface area contributed by atoms with Crippen molar-refractivity contribution in [2.45, 2.75) is 12.5 Å². The highest BCUT2D eigenvalue weighted by atomic mass is 79.9. The number of halogens is 2. The van der Waals surface area contributed by atoms with Crippen LogP contribution in [0.2, 0.25) is 5.02 Å². The standard InChI is InChI=1S/C16H16BrClO2/c1-20-9-8-11-2-4-12(5-3-11)16(19)14-10-13(17)6-7-15(14)18/h2-7,10,16,19H,8-9H2,1H3. The molecular weight excluding hydrogens is 340 g/mol. The van der Waals surface area contributed by atoms with E-state index in [-0.39, 0.29) is 0 Å². The summed E-state index contributed by atoms with van der Waals surface area (Å²) in [6, 6.07) is 13.3. The van der Waals surface area contributed by atoms with Gasteiger partial charge in [0.05, 0.1) is 6.61 Å². The van der Waals surface area contributed by atoms with Crippen molar-refractivity contribution in [1.82, 2.24) is 0 Å². The zero-order valence-electron chi connectivity index (χ0n) is 11.1. The van der Waals surface area contributed by atoms with Crippen molar-refractivity contribution < 1.29 is 9.84 Å². The topological polar surface area (TPSA) is 29.5 Å². The van der Waals surface area contributed by atoms with Gasteiger partial charge in [-0.25, -0.2) is 0 Å². The highest BCUT2D eigenvalue weighted by molar-refractivity contribution is 9.10. The molecule has 2 aromatic rings. The van der Waals surface area contributed by atoms with Crippen LogP contribution in [0.4, 0.5) is 0 Å². The van der Waals surface area contributed by atoms with Gasteiger partial charge in [0.25, 0.3) is 0 Å². The second kappa shape index (κ2) is 7.23. The average Bonchev–Trinajstić information content (AvgIpc) is 2.47. The normalized spacial score (nSPS) is 12.4. The largest absolute Gasteiger partial charge is 0.384 e. The highest BCUT2D eigenvalue weighted by Gasteiger charge is 2.14. The van der Waals surface area contributed by atoms with Gasteiger partial charge in [-0.2, -0.15) is 0 Å². The van der Waals surface area contributed by atoms with Crippen LogP contribution in [0.3, 0.4) is 0 Å². The van der Waals surface area contributed by atoms with E-state index in [0.717, 1.165) is 16.5 Å². The first-order valence-electron chi connectivity index (χ1n) is 6.32. The fraction of sp³-hybridized carbons (Fsp3) is 0.250. The van der Waals surface area contributed by atoms with E-state index >= 15 is 0 Å². The molecule has 0 radical (unpaired) electrons. The zero-order chi connectivity index (χ0) is 14.5. The summed E-state index contributed by atoms with van der Waals surface area (Å²) in [5.41, 5.74) is 2.71. The van der Waals surface area contributed by atoms with Crippen LogP contribution in [-0.2, 0) is 11.2 Å². The Kier molecular flexibility index (Phi) is 5.61. The van der Waals surface area contributed by atoms with Gasteiger partial charge < -0.3 is 9.84 Å². The first-order chi connectivity index (χ1) is 9.61. The molecule has 0 amide bonds.